The van der Waals surface area contributed by atoms with Crippen molar-refractivity contribution in [1.29, 1.82) is 0 Å². The topological polar surface area (TPSA) is 254 Å². The summed E-state index contributed by atoms with van der Waals surface area (Å²) in [5, 5.41) is 34.7. The first kappa shape index (κ1) is 21.7. The highest BCUT2D eigenvalue weighted by molar-refractivity contribution is 7.45. The van der Waals surface area contributed by atoms with Crippen molar-refractivity contribution in [3.8, 4) is 0 Å². The summed E-state index contributed by atoms with van der Waals surface area (Å²) in [7, 11) is -9.28. The second-order valence-corrected chi connectivity index (χ2v) is 5.27. The Kier molecular flexibility index (Phi) is 10.3. The number of carbonyl (C=O) groups excluding carboxylic acids is 1. The Hall–Kier alpha value is -0.340. The zero-order valence-corrected chi connectivity index (χ0v) is 12.2. The van der Waals surface area contributed by atoms with E-state index in [1.807, 2.05) is 0 Å². The molecule has 136 valence electrons. The molecule has 22 heavy (non-hydrogen) atoms. The lowest BCUT2D eigenvalue weighted by atomic mass is 10.0. The molecule has 0 heterocycles. The fraction of sp³-hybridized carbons (Fsp3) is 0.833. The van der Waals surface area contributed by atoms with Gasteiger partial charge in [-0.25, -0.2) is 13.5 Å². The Balaban J connectivity index is -0.000000361. The van der Waals surface area contributed by atoms with E-state index in [-0.39, 0.29) is 0 Å². The molecule has 0 radical (unpaired) electrons. The first-order chi connectivity index (χ1) is 10.2. The Bertz CT molecular complexity index is 425. The van der Waals surface area contributed by atoms with Crippen molar-refractivity contribution in [3.63, 3.8) is 0 Å². The van der Waals surface area contributed by atoms with Gasteiger partial charge in [-0.05, 0) is 6.90 Å². The van der Waals surface area contributed by atoms with Crippen LogP contribution in [-0.2, 0) is 13.9 Å². The molecule has 0 saturated heterocycles. The predicted octanol–water partition coefficient (Wildman–Crippen LogP) is -3.91. The molecule has 0 aromatic rings. The highest BCUT2D eigenvalue weighted by Crippen LogP contribution is 2.26. The smallest absolute Gasteiger partial charge is 0.393 e. The number of carbonyl (C=O) groups is 1. The zero-order valence-electron chi connectivity index (χ0n) is 12.4. The average molecular weight is 380 g/mol. The number of rotatable bonds is 4. The SMILES string of the molecule is O=P(O)(O)O.O=P(O)(O)O.[2H]CC(=O)[C@@H](O)[C@@](O)(F)[C@H](O)C([2H])O. The van der Waals surface area contributed by atoms with Crippen molar-refractivity contribution in [1.82, 2.24) is 0 Å². The molecular formula is C6H17FO13P2. The summed E-state index contributed by atoms with van der Waals surface area (Å²) in [5.41, 5.74) is 0. The molecule has 0 amide bonds. The molecule has 16 heteroatoms. The predicted molar refractivity (Wildman–Crippen MR) is 64.4 cm³/mol. The Morgan fingerprint density at radius 2 is 1.45 bits per heavy atom. The van der Waals surface area contributed by atoms with Gasteiger partial charge in [-0.15, -0.1) is 0 Å². The van der Waals surface area contributed by atoms with Crippen LogP contribution in [0.15, 0.2) is 0 Å². The Morgan fingerprint density at radius 1 is 1.18 bits per heavy atom. The van der Waals surface area contributed by atoms with Gasteiger partial charge in [-0.1, -0.05) is 0 Å². The zero-order chi connectivity index (χ0) is 20.5. The maximum absolute atomic E-state index is 13.0. The lowest BCUT2D eigenvalue weighted by molar-refractivity contribution is -0.229. The third kappa shape index (κ3) is 21.9. The number of Topliss-reactive ketones (excluding diaryl/α,β-unsaturated/α-hetero) is 1. The minimum absolute atomic E-state index is 0.992. The fourth-order valence-corrected chi connectivity index (χ4v) is 0.492. The summed E-state index contributed by atoms with van der Waals surface area (Å²) >= 11 is 0. The van der Waals surface area contributed by atoms with E-state index in [1.165, 1.54) is 0 Å². The van der Waals surface area contributed by atoms with Gasteiger partial charge in [0.1, 0.15) is 6.10 Å². The number of ketones is 1. The van der Waals surface area contributed by atoms with E-state index in [0.29, 0.717) is 0 Å². The van der Waals surface area contributed by atoms with E-state index in [1.54, 1.807) is 0 Å². The molecule has 0 rings (SSSR count). The van der Waals surface area contributed by atoms with Gasteiger partial charge in [-0.2, -0.15) is 0 Å². The fourth-order valence-electron chi connectivity index (χ4n) is 0.492. The van der Waals surface area contributed by atoms with Crippen LogP contribution in [0.5, 0.6) is 0 Å². The van der Waals surface area contributed by atoms with Crippen LogP contribution in [0.4, 0.5) is 4.39 Å². The van der Waals surface area contributed by atoms with Gasteiger partial charge in [0.15, 0.2) is 11.9 Å². The average Bonchev–Trinajstić information content (AvgIpc) is 2.31. The molecular weight excluding hydrogens is 361 g/mol. The molecule has 0 saturated carbocycles. The van der Waals surface area contributed by atoms with Gasteiger partial charge in [0, 0.05) is 1.37 Å². The van der Waals surface area contributed by atoms with Crippen LogP contribution in [0, 0.1) is 0 Å². The lowest BCUT2D eigenvalue weighted by Crippen LogP contribution is -2.52. The van der Waals surface area contributed by atoms with Crippen LogP contribution >= 0.6 is 15.6 Å². The van der Waals surface area contributed by atoms with Crippen LogP contribution in [0.2, 0.25) is 0 Å². The van der Waals surface area contributed by atoms with Crippen molar-refractivity contribution < 1.29 is 70.8 Å². The highest BCUT2D eigenvalue weighted by atomic mass is 31.2. The van der Waals surface area contributed by atoms with Crippen LogP contribution in [0.1, 0.15) is 9.64 Å². The maximum atomic E-state index is 13.0. The number of halogens is 1. The minimum Gasteiger partial charge on any atom is -0.393 e. The quantitative estimate of drug-likeness (QED) is 0.209. The van der Waals surface area contributed by atoms with Gasteiger partial charge < -0.3 is 49.8 Å². The second kappa shape index (κ2) is 10.4. The standard InChI is InChI=1S/C6H11FO5.2H3O4P/c1-3(9)5(11)6(7,12)4(10)2-8;2*1-5(2,3)4/h4-5,8,10-12H,2H2,1H3;2*(H3,1,2,3,4)/t4-,5-,6-;;/m1../s1/i1D,2D;;/t2?,4-,5-,6-;;. The Labute approximate surface area is 125 Å². The number of aliphatic hydroxyl groups excluding tert-OH is 3. The van der Waals surface area contributed by atoms with E-state index in [4.69, 9.17) is 61.7 Å². The largest absolute Gasteiger partial charge is 0.466 e. The lowest BCUT2D eigenvalue weighted by Gasteiger charge is -2.26. The van der Waals surface area contributed by atoms with E-state index in [0.717, 1.165) is 0 Å². The third-order valence-corrected chi connectivity index (χ3v) is 1.24. The number of aliphatic hydroxyl groups is 4. The number of hydrogen-bond donors (Lipinski definition) is 10. The normalized spacial score (nSPS) is 19.6. The maximum Gasteiger partial charge on any atom is 0.466 e. The molecule has 0 aliphatic carbocycles. The summed E-state index contributed by atoms with van der Waals surface area (Å²) in [4.78, 5) is 53.7. The molecule has 0 aromatic heterocycles. The van der Waals surface area contributed by atoms with Gasteiger partial charge in [0.25, 0.3) is 5.85 Å². The van der Waals surface area contributed by atoms with E-state index in [2.05, 4.69) is 0 Å². The minimum atomic E-state index is -4.64. The first-order valence-corrected chi connectivity index (χ1v) is 7.64. The highest BCUT2D eigenvalue weighted by Gasteiger charge is 2.45. The van der Waals surface area contributed by atoms with Gasteiger partial charge >= 0.3 is 15.6 Å². The van der Waals surface area contributed by atoms with Crippen molar-refractivity contribution in [3.05, 3.63) is 0 Å². The summed E-state index contributed by atoms with van der Waals surface area (Å²) < 4.78 is 43.8. The summed E-state index contributed by atoms with van der Waals surface area (Å²) in [6, 6.07) is 0. The van der Waals surface area contributed by atoms with Crippen LogP contribution in [0.25, 0.3) is 0 Å². The third-order valence-electron chi connectivity index (χ3n) is 1.24. The number of hydrogen-bond acceptors (Lipinski definition) is 7. The summed E-state index contributed by atoms with van der Waals surface area (Å²) in [6.07, 6.45) is -5.30. The van der Waals surface area contributed by atoms with Crippen molar-refractivity contribution in [2.24, 2.45) is 0 Å². The number of phosphoric acid groups is 2. The molecule has 0 spiro atoms. The van der Waals surface area contributed by atoms with Gasteiger partial charge in [0.05, 0.1) is 7.95 Å². The van der Waals surface area contributed by atoms with E-state index in [9.17, 15) is 9.18 Å². The van der Waals surface area contributed by atoms with Crippen LogP contribution < -0.4 is 0 Å². The number of alkyl halides is 1. The van der Waals surface area contributed by atoms with Crippen LogP contribution in [-0.4, -0.2) is 80.2 Å². The van der Waals surface area contributed by atoms with Gasteiger partial charge in [-0.3, -0.25) is 4.79 Å². The summed E-state index contributed by atoms with van der Waals surface area (Å²) in [6.45, 7) is -3.40. The van der Waals surface area contributed by atoms with Crippen molar-refractivity contribution in [2.75, 3.05) is 6.58 Å². The molecule has 0 bridgehead atoms. The molecule has 1 unspecified atom stereocenters. The second-order valence-electron chi connectivity index (χ2n) is 3.22. The van der Waals surface area contributed by atoms with Crippen LogP contribution in [0.3, 0.4) is 0 Å². The Morgan fingerprint density at radius 3 is 1.64 bits per heavy atom. The summed E-state index contributed by atoms with van der Waals surface area (Å²) in [5.74, 6) is -5.20. The van der Waals surface area contributed by atoms with E-state index >= 15 is 0 Å². The van der Waals surface area contributed by atoms with Gasteiger partial charge in [0.2, 0.25) is 0 Å². The van der Waals surface area contributed by atoms with Crippen molar-refractivity contribution >= 4 is 21.4 Å². The van der Waals surface area contributed by atoms with E-state index < -0.39 is 53.0 Å². The molecule has 0 aliphatic heterocycles. The first-order valence-electron chi connectivity index (χ1n) is 5.79. The van der Waals surface area contributed by atoms with Crippen molar-refractivity contribution in [2.45, 2.75) is 25.0 Å². The monoisotopic (exact) mass is 380 g/mol. The molecule has 0 aromatic carbocycles. The molecule has 10 N–H and O–H groups in total. The molecule has 0 fully saturated rings. The molecule has 4 atom stereocenters. The molecule has 0 aliphatic rings. The molecule has 13 nitrogen and oxygen atoms in total.